The number of ether oxygens (including phenoxy) is 3. The van der Waals surface area contributed by atoms with Gasteiger partial charge in [0, 0.05) is 19.3 Å². The number of carbonyl (C=O) groups is 3. The first-order chi connectivity index (χ1) is 40.0. The molecule has 0 saturated heterocycles. The monoisotopic (exact) mass is 1120 g/mol. The molecular weight excluding hydrogens is 997 g/mol. The van der Waals surface area contributed by atoms with Crippen LogP contribution in [0, 0.1) is 0 Å². The maximum atomic E-state index is 12.8. The molecule has 81 heavy (non-hydrogen) atoms. The third-order valence-corrected chi connectivity index (χ3v) is 13.8. The number of hydrogen-bond acceptors (Lipinski definition) is 6. The van der Waals surface area contributed by atoms with E-state index in [1.807, 2.05) is 0 Å². The van der Waals surface area contributed by atoms with Crippen LogP contribution in [0.25, 0.3) is 0 Å². The van der Waals surface area contributed by atoms with Gasteiger partial charge in [0.05, 0.1) is 0 Å². The summed E-state index contributed by atoms with van der Waals surface area (Å²) in [5, 5.41) is 0. The molecule has 0 aromatic carbocycles. The Labute approximate surface area is 499 Å². The lowest BCUT2D eigenvalue weighted by atomic mass is 10.0. The molecule has 1 unspecified atom stereocenters. The molecule has 0 aliphatic carbocycles. The molecule has 0 aliphatic rings. The molecule has 6 nitrogen and oxygen atoms in total. The lowest BCUT2D eigenvalue weighted by molar-refractivity contribution is -0.167. The molecule has 0 spiro atoms. The zero-order chi connectivity index (χ0) is 58.5. The summed E-state index contributed by atoms with van der Waals surface area (Å²) >= 11 is 0. The maximum Gasteiger partial charge on any atom is 0.306 e. The van der Waals surface area contributed by atoms with Crippen molar-refractivity contribution in [2.24, 2.45) is 0 Å². The molecule has 458 valence electrons. The van der Waals surface area contributed by atoms with Gasteiger partial charge in [-0.25, -0.2) is 0 Å². The summed E-state index contributed by atoms with van der Waals surface area (Å²) in [5.74, 6) is -0.928. The van der Waals surface area contributed by atoms with Gasteiger partial charge >= 0.3 is 17.9 Å². The highest BCUT2D eigenvalue weighted by Gasteiger charge is 2.19. The van der Waals surface area contributed by atoms with Gasteiger partial charge < -0.3 is 14.2 Å². The fourth-order valence-electron chi connectivity index (χ4n) is 8.85. The second-order valence-corrected chi connectivity index (χ2v) is 21.6. The lowest BCUT2D eigenvalue weighted by Crippen LogP contribution is -2.30. The molecule has 0 N–H and O–H groups in total. The van der Waals surface area contributed by atoms with Crippen molar-refractivity contribution < 1.29 is 28.6 Å². The fraction of sp³-hybridized carbons (Fsp3) is 0.640. The zero-order valence-corrected chi connectivity index (χ0v) is 52.5. The van der Waals surface area contributed by atoms with E-state index in [0.717, 1.165) is 161 Å². The van der Waals surface area contributed by atoms with E-state index in [2.05, 4.69) is 167 Å². The topological polar surface area (TPSA) is 78.9 Å². The van der Waals surface area contributed by atoms with Crippen molar-refractivity contribution in [3.8, 4) is 0 Å². The fourth-order valence-corrected chi connectivity index (χ4v) is 8.85. The van der Waals surface area contributed by atoms with Gasteiger partial charge in [-0.3, -0.25) is 14.4 Å². The minimum atomic E-state index is -0.791. The number of unbranched alkanes of at least 4 members (excludes halogenated alkanes) is 24. The number of hydrogen-bond donors (Lipinski definition) is 0. The van der Waals surface area contributed by atoms with Crippen LogP contribution in [0.1, 0.15) is 290 Å². The Morgan fingerprint density at radius 1 is 0.259 bits per heavy atom. The summed E-state index contributed by atoms with van der Waals surface area (Å²) in [5.41, 5.74) is 0. The summed E-state index contributed by atoms with van der Waals surface area (Å²) < 4.78 is 16.8. The second-order valence-electron chi connectivity index (χ2n) is 21.6. The smallest absolute Gasteiger partial charge is 0.306 e. The van der Waals surface area contributed by atoms with Crippen molar-refractivity contribution in [1.82, 2.24) is 0 Å². The Morgan fingerprint density at radius 3 is 0.753 bits per heavy atom. The molecule has 0 amide bonds. The van der Waals surface area contributed by atoms with E-state index in [1.54, 1.807) is 0 Å². The van der Waals surface area contributed by atoms with Crippen LogP contribution in [0.2, 0.25) is 0 Å². The molecule has 6 heteroatoms. The van der Waals surface area contributed by atoms with Crippen LogP contribution < -0.4 is 0 Å². The Hall–Kier alpha value is -4.71. The predicted molar refractivity (Wildman–Crippen MR) is 352 cm³/mol. The molecule has 0 aromatic heterocycles. The molecule has 0 bridgehead atoms. The summed E-state index contributed by atoms with van der Waals surface area (Å²) in [6.07, 6.45) is 97.6. The first-order valence-corrected chi connectivity index (χ1v) is 33.3. The molecule has 0 radical (unpaired) electrons. The van der Waals surface area contributed by atoms with E-state index in [9.17, 15) is 14.4 Å². The highest BCUT2D eigenvalue weighted by atomic mass is 16.6. The predicted octanol–water partition coefficient (Wildman–Crippen LogP) is 23.1. The van der Waals surface area contributed by atoms with E-state index in [-0.39, 0.29) is 31.1 Å². The highest BCUT2D eigenvalue weighted by molar-refractivity contribution is 5.71. The molecule has 0 aliphatic heterocycles. The van der Waals surface area contributed by atoms with Crippen LogP contribution in [-0.4, -0.2) is 37.2 Å². The maximum absolute atomic E-state index is 12.8. The van der Waals surface area contributed by atoms with Gasteiger partial charge in [0.2, 0.25) is 0 Å². The third kappa shape index (κ3) is 66.0. The molecule has 0 fully saturated rings. The zero-order valence-electron chi connectivity index (χ0n) is 52.5. The minimum absolute atomic E-state index is 0.0901. The first-order valence-electron chi connectivity index (χ1n) is 33.3. The standard InChI is InChI=1S/C75H122O6/c1-4-7-10-13-15-17-19-21-23-25-27-29-31-33-34-35-36-37-38-39-40-42-43-45-47-49-51-53-55-57-59-62-65-68-74(77)80-71-72(70-79-73(76)67-64-61-12-9-6-3)81-75(78)69-66-63-60-58-56-54-52-50-48-46-44-41-32-30-28-26-24-22-20-18-16-14-11-8-5-2/h7,10,15,17,20-23,26-29,32-34,36-37,39-41,43,45,49,51,72H,4-6,8-9,11-14,16,18-19,24-25,30-31,35,38,42,44,46-48,50,52-71H2,1-3H3/b10-7-,17-15-,22-20-,23-21-,28-26-,29-27-,34-33-,37-36-,40-39-,41-32-,45-43-,51-49-. The lowest BCUT2D eigenvalue weighted by Gasteiger charge is -2.18. The molecule has 1 atom stereocenters. The van der Waals surface area contributed by atoms with Crippen LogP contribution in [-0.2, 0) is 28.6 Å². The van der Waals surface area contributed by atoms with E-state index in [0.29, 0.717) is 19.3 Å². The summed E-state index contributed by atoms with van der Waals surface area (Å²) in [4.78, 5) is 38.0. The molecular formula is C75H122O6. The SMILES string of the molecule is CC/C=C\C/C=C\C/C=C\C/C=C\C/C=C\C/C=C\C/C=C\C/C=C\C/C=C\CCCCCCCC(=O)OCC(COC(=O)CCCCCCC)OC(=O)CCCCCCCCCCCC/C=C\C/C=C\C/C=C\CCCCCCC. The Morgan fingerprint density at radius 2 is 0.481 bits per heavy atom. The summed E-state index contributed by atoms with van der Waals surface area (Å²) in [6, 6.07) is 0. The van der Waals surface area contributed by atoms with E-state index >= 15 is 0 Å². The van der Waals surface area contributed by atoms with Crippen LogP contribution >= 0.6 is 0 Å². The number of rotatable bonds is 59. The average Bonchev–Trinajstić information content (AvgIpc) is 3.47. The Balaban J connectivity index is 4.13. The quantitative estimate of drug-likeness (QED) is 0.0261. The van der Waals surface area contributed by atoms with Crippen molar-refractivity contribution in [3.05, 3.63) is 146 Å². The molecule has 0 aromatic rings. The second kappa shape index (κ2) is 67.8. The van der Waals surface area contributed by atoms with Gasteiger partial charge in [-0.05, 0) is 128 Å². The Bertz CT molecular complexity index is 1760. The summed E-state index contributed by atoms with van der Waals surface area (Å²) in [7, 11) is 0. The van der Waals surface area contributed by atoms with Gasteiger partial charge in [-0.15, -0.1) is 0 Å². The number of allylic oxidation sites excluding steroid dienone is 24. The average molecular weight is 1120 g/mol. The van der Waals surface area contributed by atoms with E-state index in [1.165, 1.54) is 89.9 Å². The summed E-state index contributed by atoms with van der Waals surface area (Å²) in [6.45, 7) is 6.41. The van der Waals surface area contributed by atoms with Gasteiger partial charge in [-0.1, -0.05) is 289 Å². The van der Waals surface area contributed by atoms with Gasteiger partial charge in [-0.2, -0.15) is 0 Å². The van der Waals surface area contributed by atoms with Crippen molar-refractivity contribution in [3.63, 3.8) is 0 Å². The molecule has 0 rings (SSSR count). The number of esters is 3. The van der Waals surface area contributed by atoms with E-state index < -0.39 is 6.10 Å². The van der Waals surface area contributed by atoms with Crippen LogP contribution in [0.15, 0.2) is 146 Å². The van der Waals surface area contributed by atoms with Crippen LogP contribution in [0.5, 0.6) is 0 Å². The van der Waals surface area contributed by atoms with Crippen LogP contribution in [0.3, 0.4) is 0 Å². The van der Waals surface area contributed by atoms with Crippen molar-refractivity contribution >= 4 is 17.9 Å². The van der Waals surface area contributed by atoms with Gasteiger partial charge in [0.15, 0.2) is 6.10 Å². The van der Waals surface area contributed by atoms with Crippen molar-refractivity contribution in [2.75, 3.05) is 13.2 Å². The normalized spacial score (nSPS) is 13.1. The first kappa shape index (κ1) is 76.3. The van der Waals surface area contributed by atoms with Gasteiger partial charge in [0.1, 0.15) is 13.2 Å². The largest absolute Gasteiger partial charge is 0.462 e. The van der Waals surface area contributed by atoms with E-state index in [4.69, 9.17) is 14.2 Å². The third-order valence-electron chi connectivity index (χ3n) is 13.8. The van der Waals surface area contributed by atoms with Crippen molar-refractivity contribution in [1.29, 1.82) is 0 Å². The number of carbonyl (C=O) groups excluding carboxylic acids is 3. The minimum Gasteiger partial charge on any atom is -0.462 e. The highest BCUT2D eigenvalue weighted by Crippen LogP contribution is 2.15. The Kier molecular flexibility index (Phi) is 63.9. The van der Waals surface area contributed by atoms with Crippen LogP contribution in [0.4, 0.5) is 0 Å². The van der Waals surface area contributed by atoms with Gasteiger partial charge in [0.25, 0.3) is 0 Å². The molecule has 0 saturated carbocycles. The molecule has 0 heterocycles. The van der Waals surface area contributed by atoms with Crippen molar-refractivity contribution in [2.45, 2.75) is 297 Å².